The fraction of sp³-hybridized carbons (Fsp3) is 0.462. The third kappa shape index (κ3) is 1.06. The lowest BCUT2D eigenvalue weighted by molar-refractivity contribution is -0.134. The molecule has 0 radical (unpaired) electrons. The molecular weight excluding hydrogens is 186 g/mol. The van der Waals surface area contributed by atoms with Gasteiger partial charge in [0, 0.05) is 19.5 Å². The second kappa shape index (κ2) is 2.92. The molecular formula is C13H15NO. The second-order valence-electron chi connectivity index (χ2n) is 4.86. The number of likely N-dealkylation sites (N-methyl/N-ethyl adjacent to an activating group) is 1. The number of hydrogen-bond donors (Lipinski definition) is 0. The largest absolute Gasteiger partial charge is 0.305 e. The number of hydrogen-bond acceptors (Lipinski definition) is 2. The highest BCUT2D eigenvalue weighted by molar-refractivity contribution is 5.97. The third-order valence-electron chi connectivity index (χ3n) is 3.97. The quantitative estimate of drug-likeness (QED) is 0.685. The maximum atomic E-state index is 12.0. The number of fused-ring (bicyclic) bond motifs is 1. The van der Waals surface area contributed by atoms with Gasteiger partial charge in [0.1, 0.15) is 5.78 Å². The zero-order chi connectivity index (χ0) is 10.5. The molecule has 2 fully saturated rings. The summed E-state index contributed by atoms with van der Waals surface area (Å²) >= 11 is 0. The number of nitrogens with zero attached hydrogens (tertiary/aromatic N) is 1. The van der Waals surface area contributed by atoms with Gasteiger partial charge in [0.2, 0.25) is 0 Å². The summed E-state index contributed by atoms with van der Waals surface area (Å²) in [5, 5.41) is 0. The van der Waals surface area contributed by atoms with Gasteiger partial charge in [0.15, 0.2) is 0 Å². The van der Waals surface area contributed by atoms with E-state index in [1.807, 2.05) is 18.2 Å². The van der Waals surface area contributed by atoms with Crippen LogP contribution in [0, 0.1) is 5.92 Å². The molecule has 2 aliphatic rings. The Bertz CT molecular complexity index is 400. The van der Waals surface area contributed by atoms with Crippen LogP contribution in [0.5, 0.6) is 0 Å². The standard InChI is InChI=1S/C13H15NO/c1-14-8-11-7-12(15)13(11,9-14)10-5-3-2-4-6-10/h2-6,11H,7-9H2,1H3. The number of ketones is 1. The molecule has 0 aromatic heterocycles. The van der Waals surface area contributed by atoms with E-state index in [0.29, 0.717) is 11.7 Å². The van der Waals surface area contributed by atoms with E-state index >= 15 is 0 Å². The Morgan fingerprint density at radius 3 is 2.67 bits per heavy atom. The number of rotatable bonds is 1. The molecule has 1 aromatic carbocycles. The topological polar surface area (TPSA) is 20.3 Å². The highest BCUT2D eigenvalue weighted by atomic mass is 16.1. The fourth-order valence-electron chi connectivity index (χ4n) is 3.20. The Morgan fingerprint density at radius 2 is 2.07 bits per heavy atom. The van der Waals surface area contributed by atoms with E-state index in [1.54, 1.807) is 0 Å². The third-order valence-corrected chi connectivity index (χ3v) is 3.97. The van der Waals surface area contributed by atoms with E-state index in [2.05, 4.69) is 24.1 Å². The molecule has 1 aromatic rings. The Morgan fingerprint density at radius 1 is 1.33 bits per heavy atom. The summed E-state index contributed by atoms with van der Waals surface area (Å²) in [6, 6.07) is 10.3. The molecule has 1 aliphatic heterocycles. The Kier molecular flexibility index (Phi) is 1.77. The summed E-state index contributed by atoms with van der Waals surface area (Å²) in [4.78, 5) is 14.2. The lowest BCUT2D eigenvalue weighted by Crippen LogP contribution is -2.53. The number of benzene rings is 1. The minimum Gasteiger partial charge on any atom is -0.305 e. The van der Waals surface area contributed by atoms with E-state index in [0.717, 1.165) is 19.5 Å². The minimum atomic E-state index is -0.157. The first-order valence-electron chi connectivity index (χ1n) is 5.51. The molecule has 1 saturated heterocycles. The maximum absolute atomic E-state index is 12.0. The summed E-state index contributed by atoms with van der Waals surface area (Å²) < 4.78 is 0. The molecule has 1 aliphatic carbocycles. The van der Waals surface area contributed by atoms with Gasteiger partial charge in [-0.2, -0.15) is 0 Å². The summed E-state index contributed by atoms with van der Waals surface area (Å²) in [6.07, 6.45) is 0.777. The van der Waals surface area contributed by atoms with E-state index in [9.17, 15) is 4.79 Å². The Labute approximate surface area is 89.9 Å². The zero-order valence-electron chi connectivity index (χ0n) is 8.94. The second-order valence-corrected chi connectivity index (χ2v) is 4.86. The predicted molar refractivity (Wildman–Crippen MR) is 58.7 cm³/mol. The van der Waals surface area contributed by atoms with Crippen molar-refractivity contribution < 1.29 is 4.79 Å². The van der Waals surface area contributed by atoms with Crippen molar-refractivity contribution in [2.24, 2.45) is 5.92 Å². The highest BCUT2D eigenvalue weighted by Gasteiger charge is 2.59. The molecule has 0 amide bonds. The summed E-state index contributed by atoms with van der Waals surface area (Å²) in [5.74, 6) is 0.987. The van der Waals surface area contributed by atoms with Crippen molar-refractivity contribution in [3.05, 3.63) is 35.9 Å². The molecule has 0 spiro atoms. The molecule has 0 N–H and O–H groups in total. The average molecular weight is 201 g/mol. The van der Waals surface area contributed by atoms with Gasteiger partial charge >= 0.3 is 0 Å². The summed E-state index contributed by atoms with van der Waals surface area (Å²) in [5.41, 5.74) is 1.06. The van der Waals surface area contributed by atoms with Crippen molar-refractivity contribution in [1.82, 2.24) is 4.90 Å². The Balaban J connectivity index is 2.06. The Hall–Kier alpha value is -1.15. The van der Waals surface area contributed by atoms with Crippen LogP contribution in [0.3, 0.4) is 0 Å². The smallest absolute Gasteiger partial charge is 0.145 e. The lowest BCUT2D eigenvalue weighted by atomic mass is 9.57. The summed E-state index contributed by atoms with van der Waals surface area (Å²) in [7, 11) is 2.11. The van der Waals surface area contributed by atoms with Crippen LogP contribution >= 0.6 is 0 Å². The van der Waals surface area contributed by atoms with Gasteiger partial charge in [-0.25, -0.2) is 0 Å². The fourth-order valence-corrected chi connectivity index (χ4v) is 3.20. The van der Waals surface area contributed by atoms with Crippen molar-refractivity contribution in [2.45, 2.75) is 11.8 Å². The lowest BCUT2D eigenvalue weighted by Gasteiger charge is -2.42. The van der Waals surface area contributed by atoms with Crippen LogP contribution in [0.15, 0.2) is 30.3 Å². The van der Waals surface area contributed by atoms with Crippen LogP contribution in [0.2, 0.25) is 0 Å². The van der Waals surface area contributed by atoms with Crippen molar-refractivity contribution in [2.75, 3.05) is 20.1 Å². The van der Waals surface area contributed by atoms with Gasteiger partial charge in [-0.05, 0) is 18.5 Å². The first kappa shape index (κ1) is 9.10. The number of Topliss-reactive ketones (excluding diaryl/α,β-unsaturated/α-hetero) is 1. The van der Waals surface area contributed by atoms with E-state index < -0.39 is 0 Å². The van der Waals surface area contributed by atoms with Gasteiger partial charge in [0.25, 0.3) is 0 Å². The number of carbonyl (C=O) groups excluding carboxylic acids is 1. The molecule has 2 atom stereocenters. The molecule has 3 rings (SSSR count). The van der Waals surface area contributed by atoms with E-state index in [-0.39, 0.29) is 5.41 Å². The molecule has 78 valence electrons. The first-order chi connectivity index (χ1) is 7.23. The predicted octanol–water partition coefficient (Wildman–Crippen LogP) is 1.46. The normalized spacial score (nSPS) is 35.0. The molecule has 2 unspecified atom stereocenters. The van der Waals surface area contributed by atoms with Crippen LogP contribution in [0.1, 0.15) is 12.0 Å². The van der Waals surface area contributed by atoms with Gasteiger partial charge in [-0.3, -0.25) is 4.79 Å². The molecule has 2 nitrogen and oxygen atoms in total. The molecule has 2 heteroatoms. The number of carbonyl (C=O) groups is 1. The van der Waals surface area contributed by atoms with Crippen LogP contribution in [-0.2, 0) is 10.2 Å². The van der Waals surface area contributed by atoms with Gasteiger partial charge in [0.05, 0.1) is 5.41 Å². The van der Waals surface area contributed by atoms with Crippen LogP contribution in [-0.4, -0.2) is 30.8 Å². The van der Waals surface area contributed by atoms with Crippen molar-refractivity contribution in [3.8, 4) is 0 Å². The highest BCUT2D eigenvalue weighted by Crippen LogP contribution is 2.50. The van der Waals surface area contributed by atoms with Crippen LogP contribution in [0.4, 0.5) is 0 Å². The molecule has 15 heavy (non-hydrogen) atoms. The SMILES string of the molecule is CN1CC2CC(=O)C2(c2ccccc2)C1. The first-order valence-corrected chi connectivity index (χ1v) is 5.51. The van der Waals surface area contributed by atoms with Crippen LogP contribution in [0.25, 0.3) is 0 Å². The minimum absolute atomic E-state index is 0.157. The maximum Gasteiger partial charge on any atom is 0.145 e. The van der Waals surface area contributed by atoms with Gasteiger partial charge in [-0.1, -0.05) is 30.3 Å². The monoisotopic (exact) mass is 201 g/mol. The van der Waals surface area contributed by atoms with E-state index in [1.165, 1.54) is 5.56 Å². The summed E-state index contributed by atoms with van der Waals surface area (Å²) in [6.45, 7) is 1.97. The van der Waals surface area contributed by atoms with Crippen molar-refractivity contribution in [1.29, 1.82) is 0 Å². The van der Waals surface area contributed by atoms with Crippen LogP contribution < -0.4 is 0 Å². The molecule has 0 bridgehead atoms. The molecule has 1 heterocycles. The molecule has 1 saturated carbocycles. The van der Waals surface area contributed by atoms with Crippen molar-refractivity contribution >= 4 is 5.78 Å². The van der Waals surface area contributed by atoms with Gasteiger partial charge < -0.3 is 4.90 Å². The zero-order valence-corrected chi connectivity index (χ0v) is 8.94. The number of likely N-dealkylation sites (tertiary alicyclic amines) is 1. The van der Waals surface area contributed by atoms with Crippen molar-refractivity contribution in [3.63, 3.8) is 0 Å². The van der Waals surface area contributed by atoms with E-state index in [4.69, 9.17) is 0 Å². The average Bonchev–Trinajstić information content (AvgIpc) is 2.52. The van der Waals surface area contributed by atoms with Gasteiger partial charge in [-0.15, -0.1) is 0 Å².